The first kappa shape index (κ1) is 16.1. The first-order valence-corrected chi connectivity index (χ1v) is 7.31. The SMILES string of the molecule is O=C(O)c1cn(CC(=O)N2CCOC(c3cccc(F)c3)C2)nn1. The van der Waals surface area contributed by atoms with Gasteiger partial charge in [0.05, 0.1) is 19.3 Å². The maximum Gasteiger partial charge on any atom is 0.358 e. The number of nitrogens with zero attached hydrogens (tertiary/aromatic N) is 4. The van der Waals surface area contributed by atoms with Gasteiger partial charge in [0.25, 0.3) is 0 Å². The number of aromatic carboxylic acids is 1. The van der Waals surface area contributed by atoms with Gasteiger partial charge >= 0.3 is 5.97 Å². The van der Waals surface area contributed by atoms with Crippen LogP contribution in [0.15, 0.2) is 30.5 Å². The van der Waals surface area contributed by atoms with Crippen molar-refractivity contribution in [2.24, 2.45) is 0 Å². The van der Waals surface area contributed by atoms with Gasteiger partial charge in [0.1, 0.15) is 18.5 Å². The molecular weight excluding hydrogens is 319 g/mol. The zero-order valence-electron chi connectivity index (χ0n) is 12.6. The van der Waals surface area contributed by atoms with Gasteiger partial charge in [-0.1, -0.05) is 17.3 Å². The Labute approximate surface area is 136 Å². The Balaban J connectivity index is 1.65. The average Bonchev–Trinajstić information content (AvgIpc) is 3.04. The third-order valence-corrected chi connectivity index (χ3v) is 3.69. The van der Waals surface area contributed by atoms with Crippen LogP contribution in [0, 0.1) is 5.82 Å². The van der Waals surface area contributed by atoms with Crippen LogP contribution < -0.4 is 0 Å². The molecule has 2 heterocycles. The summed E-state index contributed by atoms with van der Waals surface area (Å²) in [6, 6.07) is 6.07. The van der Waals surface area contributed by atoms with Crippen molar-refractivity contribution >= 4 is 11.9 Å². The predicted molar refractivity (Wildman–Crippen MR) is 78.7 cm³/mol. The number of benzene rings is 1. The van der Waals surface area contributed by atoms with E-state index < -0.39 is 12.1 Å². The summed E-state index contributed by atoms with van der Waals surface area (Å²) < 4.78 is 20.1. The van der Waals surface area contributed by atoms with Crippen molar-refractivity contribution in [1.29, 1.82) is 0 Å². The third-order valence-electron chi connectivity index (χ3n) is 3.69. The fraction of sp³-hybridized carbons (Fsp3) is 0.333. The number of ether oxygens (including phenoxy) is 1. The molecule has 1 saturated heterocycles. The molecule has 1 amide bonds. The van der Waals surface area contributed by atoms with Crippen LogP contribution in [0.3, 0.4) is 0 Å². The maximum atomic E-state index is 13.3. The molecule has 1 atom stereocenters. The highest BCUT2D eigenvalue weighted by Crippen LogP contribution is 2.23. The molecule has 0 spiro atoms. The molecule has 0 aliphatic carbocycles. The van der Waals surface area contributed by atoms with Crippen molar-refractivity contribution in [2.75, 3.05) is 19.7 Å². The highest BCUT2D eigenvalue weighted by Gasteiger charge is 2.26. The van der Waals surface area contributed by atoms with Crippen LogP contribution in [0.1, 0.15) is 22.2 Å². The van der Waals surface area contributed by atoms with Gasteiger partial charge in [0, 0.05) is 6.54 Å². The van der Waals surface area contributed by atoms with Gasteiger partial charge in [-0.2, -0.15) is 0 Å². The smallest absolute Gasteiger partial charge is 0.358 e. The summed E-state index contributed by atoms with van der Waals surface area (Å²) in [5.74, 6) is -1.80. The molecular formula is C15H15FN4O4. The molecule has 1 aromatic carbocycles. The molecule has 1 aliphatic rings. The van der Waals surface area contributed by atoms with Crippen molar-refractivity contribution in [1.82, 2.24) is 19.9 Å². The fourth-order valence-corrected chi connectivity index (χ4v) is 2.50. The zero-order chi connectivity index (χ0) is 17.1. The minimum absolute atomic E-state index is 0.115. The van der Waals surface area contributed by atoms with Crippen LogP contribution in [0.4, 0.5) is 4.39 Å². The average molecular weight is 334 g/mol. The Morgan fingerprint density at radius 3 is 2.96 bits per heavy atom. The lowest BCUT2D eigenvalue weighted by atomic mass is 10.1. The number of carboxylic acid groups (broad SMARTS) is 1. The highest BCUT2D eigenvalue weighted by molar-refractivity contribution is 5.84. The van der Waals surface area contributed by atoms with Crippen LogP contribution in [-0.2, 0) is 16.1 Å². The number of carbonyl (C=O) groups is 2. The molecule has 3 rings (SSSR count). The van der Waals surface area contributed by atoms with Crippen LogP contribution >= 0.6 is 0 Å². The Hall–Kier alpha value is -2.81. The molecule has 0 saturated carbocycles. The van der Waals surface area contributed by atoms with Gasteiger partial charge in [-0.05, 0) is 17.7 Å². The number of hydrogen-bond donors (Lipinski definition) is 1. The van der Waals surface area contributed by atoms with E-state index in [2.05, 4.69) is 10.3 Å². The molecule has 1 unspecified atom stereocenters. The Kier molecular flexibility index (Phi) is 4.52. The molecule has 1 aromatic heterocycles. The van der Waals surface area contributed by atoms with Crippen LogP contribution in [0.5, 0.6) is 0 Å². The maximum absolute atomic E-state index is 13.3. The second-order valence-electron chi connectivity index (χ2n) is 5.36. The first-order valence-electron chi connectivity index (χ1n) is 7.31. The van der Waals surface area contributed by atoms with E-state index in [0.717, 1.165) is 0 Å². The van der Waals surface area contributed by atoms with E-state index in [9.17, 15) is 14.0 Å². The van der Waals surface area contributed by atoms with E-state index in [-0.39, 0.29) is 24.0 Å². The minimum atomic E-state index is -1.20. The number of hydrogen-bond acceptors (Lipinski definition) is 5. The van der Waals surface area contributed by atoms with Gasteiger partial charge in [0.2, 0.25) is 5.91 Å². The van der Waals surface area contributed by atoms with E-state index in [1.54, 1.807) is 17.0 Å². The summed E-state index contributed by atoms with van der Waals surface area (Å²) in [5.41, 5.74) is 0.448. The second kappa shape index (κ2) is 6.75. The lowest BCUT2D eigenvalue weighted by molar-refractivity contribution is -0.139. The van der Waals surface area contributed by atoms with Crippen LogP contribution in [0.2, 0.25) is 0 Å². The molecule has 24 heavy (non-hydrogen) atoms. The number of aromatic nitrogens is 3. The highest BCUT2D eigenvalue weighted by atomic mass is 19.1. The Morgan fingerprint density at radius 2 is 2.25 bits per heavy atom. The molecule has 0 bridgehead atoms. The standard InChI is InChI=1S/C15H15FN4O4/c16-11-3-1-2-10(6-11)13-8-19(4-5-24-13)14(21)9-20-7-12(15(22)23)17-18-20/h1-3,6-7,13H,4-5,8-9H2,(H,22,23). The number of halogens is 1. The van der Waals surface area contributed by atoms with E-state index >= 15 is 0 Å². The summed E-state index contributed by atoms with van der Waals surface area (Å²) in [7, 11) is 0. The quantitative estimate of drug-likeness (QED) is 0.885. The zero-order valence-corrected chi connectivity index (χ0v) is 12.6. The number of carbonyl (C=O) groups excluding carboxylic acids is 1. The van der Waals surface area contributed by atoms with Gasteiger partial charge < -0.3 is 14.7 Å². The number of amides is 1. The third kappa shape index (κ3) is 3.57. The molecule has 0 radical (unpaired) electrons. The van der Waals surface area contributed by atoms with E-state index in [1.165, 1.54) is 23.0 Å². The monoisotopic (exact) mass is 334 g/mol. The predicted octanol–water partition coefficient (Wildman–Crippen LogP) is 0.715. The number of carboxylic acids is 1. The van der Waals surface area contributed by atoms with E-state index in [1.807, 2.05) is 0 Å². The number of morpholine rings is 1. The lowest BCUT2D eigenvalue weighted by Gasteiger charge is -2.33. The van der Waals surface area contributed by atoms with Gasteiger partial charge in [0.15, 0.2) is 5.69 Å². The number of rotatable bonds is 4. The van der Waals surface area contributed by atoms with Gasteiger partial charge in [-0.15, -0.1) is 5.10 Å². The molecule has 2 aromatic rings. The lowest BCUT2D eigenvalue weighted by Crippen LogP contribution is -2.43. The van der Waals surface area contributed by atoms with Crippen molar-refractivity contribution in [3.05, 3.63) is 47.5 Å². The van der Waals surface area contributed by atoms with E-state index in [0.29, 0.717) is 25.3 Å². The molecule has 8 nitrogen and oxygen atoms in total. The Morgan fingerprint density at radius 1 is 1.42 bits per heavy atom. The first-order chi connectivity index (χ1) is 11.5. The largest absolute Gasteiger partial charge is 0.476 e. The Bertz CT molecular complexity index is 763. The van der Waals surface area contributed by atoms with Crippen molar-refractivity contribution in [2.45, 2.75) is 12.6 Å². The van der Waals surface area contributed by atoms with Crippen molar-refractivity contribution in [3.63, 3.8) is 0 Å². The summed E-state index contributed by atoms with van der Waals surface area (Å²) in [6.45, 7) is 0.925. The summed E-state index contributed by atoms with van der Waals surface area (Å²) in [5, 5.41) is 15.9. The normalized spacial score (nSPS) is 17.7. The molecule has 126 valence electrons. The van der Waals surface area contributed by atoms with Gasteiger partial charge in [-0.25, -0.2) is 13.9 Å². The minimum Gasteiger partial charge on any atom is -0.476 e. The van der Waals surface area contributed by atoms with E-state index in [4.69, 9.17) is 9.84 Å². The van der Waals surface area contributed by atoms with Gasteiger partial charge in [-0.3, -0.25) is 4.79 Å². The van der Waals surface area contributed by atoms with Crippen molar-refractivity contribution < 1.29 is 23.8 Å². The molecule has 9 heteroatoms. The fourth-order valence-electron chi connectivity index (χ4n) is 2.50. The van der Waals surface area contributed by atoms with Crippen LogP contribution in [-0.4, -0.2) is 56.6 Å². The second-order valence-corrected chi connectivity index (χ2v) is 5.36. The molecule has 1 N–H and O–H groups in total. The summed E-state index contributed by atoms with van der Waals surface area (Å²) in [6.07, 6.45) is 0.800. The molecule has 1 fully saturated rings. The summed E-state index contributed by atoms with van der Waals surface area (Å²) >= 11 is 0. The topological polar surface area (TPSA) is 97.5 Å². The van der Waals surface area contributed by atoms with Crippen LogP contribution in [0.25, 0.3) is 0 Å². The summed E-state index contributed by atoms with van der Waals surface area (Å²) in [4.78, 5) is 24.7. The molecule has 1 aliphatic heterocycles. The van der Waals surface area contributed by atoms with Crippen molar-refractivity contribution in [3.8, 4) is 0 Å².